The number of fused-ring (bicyclic) bond motifs is 2. The summed E-state index contributed by atoms with van der Waals surface area (Å²) in [5, 5.41) is 10.5. The molecule has 2 aliphatic heterocycles. The topological polar surface area (TPSA) is 132 Å². The average Bonchev–Trinajstić information content (AvgIpc) is 3.38. The molecule has 0 saturated carbocycles. The molecule has 2 heterocycles. The number of hydrogen-bond acceptors (Lipinski definition) is 5. The lowest BCUT2D eigenvalue weighted by Crippen LogP contribution is -2.47. The molecular weight excluding hydrogens is 484 g/mol. The summed E-state index contributed by atoms with van der Waals surface area (Å²) in [7, 11) is 1.66. The van der Waals surface area contributed by atoms with Gasteiger partial charge in [-0.15, -0.1) is 0 Å². The first kappa shape index (κ1) is 23.4. The minimum absolute atomic E-state index is 0.325. The van der Waals surface area contributed by atoms with Crippen LogP contribution in [-0.2, 0) is 22.4 Å². The highest BCUT2D eigenvalue weighted by molar-refractivity contribution is 6.20. The number of urea groups is 2. The molecule has 4 N–H and O–H groups in total. The molecule has 6 amide bonds. The second-order valence-corrected chi connectivity index (χ2v) is 9.59. The van der Waals surface area contributed by atoms with Gasteiger partial charge >= 0.3 is 12.1 Å². The van der Waals surface area contributed by atoms with E-state index in [1.165, 1.54) is 4.90 Å². The number of likely N-dealkylation sites (N-methyl/N-ethyl adjacent to an activating group) is 1. The first-order valence-corrected chi connectivity index (χ1v) is 12.2. The van der Waals surface area contributed by atoms with Crippen LogP contribution in [0, 0.1) is 0 Å². The van der Waals surface area contributed by atoms with Gasteiger partial charge in [0.25, 0.3) is 11.8 Å². The summed E-state index contributed by atoms with van der Waals surface area (Å²) in [4.78, 5) is 56.6. The first-order chi connectivity index (χ1) is 18.3. The molecule has 10 nitrogen and oxygen atoms in total. The van der Waals surface area contributed by atoms with Gasteiger partial charge in [0.2, 0.25) is 6.17 Å². The van der Waals surface area contributed by atoms with Crippen molar-refractivity contribution in [2.45, 2.75) is 24.5 Å². The number of nitrogens with one attached hydrogen (secondary N) is 4. The molecule has 1 saturated heterocycles. The Labute approximate surface area is 218 Å². The number of aliphatic imine (C=N–C) groups is 1. The molecule has 0 bridgehead atoms. The van der Waals surface area contributed by atoms with Crippen LogP contribution in [0.1, 0.15) is 22.3 Å². The molecule has 2 atom stereocenters. The summed E-state index contributed by atoms with van der Waals surface area (Å²) >= 11 is 0. The fourth-order valence-corrected chi connectivity index (χ4v) is 5.26. The van der Waals surface area contributed by atoms with Crippen LogP contribution in [0.4, 0.5) is 21.0 Å². The highest BCUT2D eigenvalue weighted by Crippen LogP contribution is 2.34. The maximum Gasteiger partial charge on any atom is 0.322 e. The second kappa shape index (κ2) is 8.84. The van der Waals surface area contributed by atoms with Crippen LogP contribution in [-0.4, -0.2) is 48.3 Å². The van der Waals surface area contributed by atoms with E-state index in [2.05, 4.69) is 21.3 Å². The molecule has 3 aromatic carbocycles. The Hall–Kier alpha value is -4.99. The van der Waals surface area contributed by atoms with Gasteiger partial charge in [-0.2, -0.15) is 0 Å². The van der Waals surface area contributed by atoms with E-state index in [4.69, 9.17) is 4.99 Å². The van der Waals surface area contributed by atoms with Crippen LogP contribution in [0.25, 0.3) is 0 Å². The van der Waals surface area contributed by atoms with Gasteiger partial charge in [-0.1, -0.05) is 54.6 Å². The molecular formula is C28H24N6O4. The van der Waals surface area contributed by atoms with Crippen molar-refractivity contribution in [2.24, 2.45) is 4.99 Å². The van der Waals surface area contributed by atoms with E-state index in [0.717, 1.165) is 22.3 Å². The highest BCUT2D eigenvalue weighted by atomic mass is 16.2. The monoisotopic (exact) mass is 508 g/mol. The second-order valence-electron chi connectivity index (χ2n) is 9.59. The molecule has 6 rings (SSSR count). The number of benzene rings is 3. The molecule has 1 spiro atoms. The summed E-state index contributed by atoms with van der Waals surface area (Å²) in [6.45, 7) is 0. The molecule has 1 fully saturated rings. The van der Waals surface area contributed by atoms with Crippen molar-refractivity contribution < 1.29 is 19.2 Å². The van der Waals surface area contributed by atoms with Crippen molar-refractivity contribution in [1.82, 2.24) is 16.0 Å². The van der Waals surface area contributed by atoms with Gasteiger partial charge in [-0.25, -0.2) is 14.6 Å². The minimum Gasteiger partial charge on any atom is -0.323 e. The Morgan fingerprint density at radius 1 is 0.974 bits per heavy atom. The number of imide groups is 1. The van der Waals surface area contributed by atoms with Crippen LogP contribution in [0.5, 0.6) is 0 Å². The number of amides is 6. The van der Waals surface area contributed by atoms with Crippen molar-refractivity contribution in [3.8, 4) is 0 Å². The Kier molecular flexibility index (Phi) is 5.45. The minimum atomic E-state index is -1.15. The Balaban J connectivity index is 1.24. The van der Waals surface area contributed by atoms with E-state index in [1.54, 1.807) is 19.2 Å². The van der Waals surface area contributed by atoms with Crippen molar-refractivity contribution in [2.75, 3.05) is 17.3 Å². The molecule has 1 aliphatic carbocycles. The number of carbonyl (C=O) groups is 4. The van der Waals surface area contributed by atoms with E-state index >= 15 is 0 Å². The van der Waals surface area contributed by atoms with Gasteiger partial charge in [0.15, 0.2) is 0 Å². The van der Waals surface area contributed by atoms with E-state index in [-0.39, 0.29) is 11.8 Å². The number of para-hydroxylation sites is 1. The zero-order valence-electron chi connectivity index (χ0n) is 20.4. The Morgan fingerprint density at radius 2 is 1.71 bits per heavy atom. The number of hydrogen-bond donors (Lipinski definition) is 4. The summed E-state index contributed by atoms with van der Waals surface area (Å²) < 4.78 is 0. The van der Waals surface area contributed by atoms with Crippen LogP contribution in [0.2, 0.25) is 0 Å². The molecule has 190 valence electrons. The standard InChI is InChI=1S/C28H24N6O4/c1-34-21-10-6-5-9-20(21)22(16-7-3-2-4-8-16)30-23(24(34)35)31-26(37)29-19-12-11-17-14-28(15-18(17)13-19)25(36)32-27(38)33-28/h2-13,23H,14-15H2,1H3,(H2,29,31,37)(H2,32,33,36,38)/t23-,28?/m0/s1. The third-order valence-electron chi connectivity index (χ3n) is 7.12. The SMILES string of the molecule is CN1C(=O)[C@H](NC(=O)Nc2ccc3c(c2)CC2(C3)NC(=O)NC2=O)N=C(c2ccccc2)c2ccccc21. The molecule has 3 aromatic rings. The number of anilines is 2. The van der Waals surface area contributed by atoms with Gasteiger partial charge in [-0.05, 0) is 29.3 Å². The third-order valence-corrected chi connectivity index (χ3v) is 7.12. The van der Waals surface area contributed by atoms with Crippen LogP contribution < -0.4 is 26.2 Å². The number of benzodiazepines with no additional fused rings is 1. The molecule has 0 aromatic heterocycles. The Morgan fingerprint density at radius 3 is 2.47 bits per heavy atom. The summed E-state index contributed by atoms with van der Waals surface area (Å²) in [6, 6.07) is 21.2. The Bertz CT molecular complexity index is 1540. The highest BCUT2D eigenvalue weighted by Gasteiger charge is 2.50. The predicted molar refractivity (Wildman–Crippen MR) is 141 cm³/mol. The normalized spacial score (nSPS) is 21.7. The van der Waals surface area contributed by atoms with Crippen LogP contribution >= 0.6 is 0 Å². The maximum absolute atomic E-state index is 13.3. The zero-order chi connectivity index (χ0) is 26.4. The van der Waals surface area contributed by atoms with Crippen molar-refractivity contribution in [3.63, 3.8) is 0 Å². The average molecular weight is 509 g/mol. The number of carbonyl (C=O) groups excluding carboxylic acids is 4. The van der Waals surface area contributed by atoms with Gasteiger partial charge in [0, 0.05) is 36.7 Å². The van der Waals surface area contributed by atoms with Crippen LogP contribution in [0.3, 0.4) is 0 Å². The largest absolute Gasteiger partial charge is 0.323 e. The smallest absolute Gasteiger partial charge is 0.322 e. The lowest BCUT2D eigenvalue weighted by Gasteiger charge is -2.21. The van der Waals surface area contributed by atoms with E-state index in [1.807, 2.05) is 60.7 Å². The molecule has 0 radical (unpaired) electrons. The lowest BCUT2D eigenvalue weighted by atomic mass is 9.96. The summed E-state index contributed by atoms with van der Waals surface area (Å²) in [6.07, 6.45) is -0.448. The van der Waals surface area contributed by atoms with Gasteiger partial charge in [0.1, 0.15) is 5.54 Å². The number of rotatable bonds is 3. The van der Waals surface area contributed by atoms with E-state index < -0.39 is 23.8 Å². The summed E-state index contributed by atoms with van der Waals surface area (Å²) in [5.41, 5.74) is 4.18. The summed E-state index contributed by atoms with van der Waals surface area (Å²) in [5.74, 6) is -0.729. The zero-order valence-corrected chi connectivity index (χ0v) is 20.4. The molecule has 38 heavy (non-hydrogen) atoms. The van der Waals surface area contributed by atoms with Crippen molar-refractivity contribution in [1.29, 1.82) is 0 Å². The van der Waals surface area contributed by atoms with Crippen LogP contribution in [0.15, 0.2) is 77.8 Å². The fraction of sp³-hybridized carbons (Fsp3) is 0.179. The van der Waals surface area contributed by atoms with Gasteiger partial charge < -0.3 is 20.9 Å². The third kappa shape index (κ3) is 3.96. The molecule has 1 unspecified atom stereocenters. The van der Waals surface area contributed by atoms with Gasteiger partial charge in [0.05, 0.1) is 11.4 Å². The maximum atomic E-state index is 13.3. The molecule has 3 aliphatic rings. The van der Waals surface area contributed by atoms with Crippen molar-refractivity contribution >= 4 is 41.0 Å². The van der Waals surface area contributed by atoms with E-state index in [0.29, 0.717) is 29.9 Å². The fourth-order valence-electron chi connectivity index (χ4n) is 5.26. The predicted octanol–water partition coefficient (Wildman–Crippen LogP) is 2.33. The molecule has 10 heteroatoms. The number of nitrogens with zero attached hydrogens (tertiary/aromatic N) is 2. The van der Waals surface area contributed by atoms with Gasteiger partial charge in [-0.3, -0.25) is 14.9 Å². The lowest BCUT2D eigenvalue weighted by molar-refractivity contribution is -0.123. The first-order valence-electron chi connectivity index (χ1n) is 12.2. The van der Waals surface area contributed by atoms with Crippen molar-refractivity contribution in [3.05, 3.63) is 95.1 Å². The quantitative estimate of drug-likeness (QED) is 0.404. The van der Waals surface area contributed by atoms with E-state index in [9.17, 15) is 19.2 Å².